The summed E-state index contributed by atoms with van der Waals surface area (Å²) in [6, 6.07) is 8.77. The van der Waals surface area contributed by atoms with Gasteiger partial charge in [0.05, 0.1) is 5.56 Å². The average Bonchev–Trinajstić information content (AvgIpc) is 2.64. The van der Waals surface area contributed by atoms with Gasteiger partial charge in [0.1, 0.15) is 6.04 Å². The fourth-order valence-corrected chi connectivity index (χ4v) is 2.58. The molecule has 0 saturated heterocycles. The van der Waals surface area contributed by atoms with Gasteiger partial charge in [0.25, 0.3) is 5.91 Å². The Labute approximate surface area is 153 Å². The quantitative estimate of drug-likeness (QED) is 0.760. The van der Waals surface area contributed by atoms with Gasteiger partial charge in [-0.3, -0.25) is 9.78 Å². The van der Waals surface area contributed by atoms with Crippen LogP contribution in [0.15, 0.2) is 42.7 Å². The van der Waals surface area contributed by atoms with E-state index in [-0.39, 0.29) is 0 Å². The molecule has 1 aromatic heterocycles. The number of benzene rings is 1. The van der Waals surface area contributed by atoms with Crippen molar-refractivity contribution in [3.05, 3.63) is 48.3 Å². The Morgan fingerprint density at radius 2 is 1.85 bits per heavy atom. The van der Waals surface area contributed by atoms with Crippen LogP contribution in [0.2, 0.25) is 0 Å². The molecule has 2 aromatic rings. The van der Waals surface area contributed by atoms with Gasteiger partial charge in [-0.05, 0) is 30.2 Å². The number of amides is 1. The molecule has 1 heterocycles. The van der Waals surface area contributed by atoms with E-state index in [2.05, 4.69) is 10.3 Å². The van der Waals surface area contributed by atoms with Gasteiger partial charge in [-0.1, -0.05) is 31.9 Å². The molecule has 1 amide bonds. The number of hydrogen-bond donors (Lipinski definition) is 2. The van der Waals surface area contributed by atoms with E-state index in [9.17, 15) is 14.7 Å². The van der Waals surface area contributed by atoms with E-state index in [1.54, 1.807) is 12.3 Å². The topological polar surface area (TPSA) is 82.5 Å². The molecule has 2 rings (SSSR count). The van der Waals surface area contributed by atoms with Crippen LogP contribution in [0.1, 0.15) is 36.5 Å². The van der Waals surface area contributed by atoms with Crippen LogP contribution in [0.5, 0.6) is 0 Å². The van der Waals surface area contributed by atoms with Crippen LogP contribution < -0.4 is 10.2 Å². The summed E-state index contributed by atoms with van der Waals surface area (Å²) in [5.74, 6) is -1.44. The molecule has 0 spiro atoms. The van der Waals surface area contributed by atoms with Gasteiger partial charge in [-0.25, -0.2) is 4.79 Å². The monoisotopic (exact) mass is 355 g/mol. The Kier molecular flexibility index (Phi) is 6.72. The van der Waals surface area contributed by atoms with E-state index in [0.29, 0.717) is 12.0 Å². The number of rotatable bonds is 8. The molecule has 2 N–H and O–H groups in total. The minimum atomic E-state index is -1.02. The molecule has 0 bridgehead atoms. The van der Waals surface area contributed by atoms with E-state index in [4.69, 9.17) is 0 Å². The average molecular weight is 355 g/mol. The number of aliphatic carboxylic acids is 1. The first-order chi connectivity index (χ1) is 12.4. The molecule has 6 nitrogen and oxygen atoms in total. The third-order valence-electron chi connectivity index (χ3n) is 4.17. The summed E-state index contributed by atoms with van der Waals surface area (Å²) in [7, 11) is 3.94. The third-order valence-corrected chi connectivity index (χ3v) is 4.17. The number of hydrogen-bond acceptors (Lipinski definition) is 4. The number of aromatic nitrogens is 1. The van der Waals surface area contributed by atoms with Gasteiger partial charge in [-0.2, -0.15) is 0 Å². The van der Waals surface area contributed by atoms with E-state index in [1.165, 1.54) is 6.20 Å². The second kappa shape index (κ2) is 8.99. The number of carboxylic acids is 1. The SMILES string of the molecule is CCCCC(NC(=O)c1cncc(-c2ccc(N(C)C)cc2)c1)C(=O)O. The molecule has 1 aromatic carbocycles. The highest BCUT2D eigenvalue weighted by Crippen LogP contribution is 2.22. The Morgan fingerprint density at radius 1 is 1.15 bits per heavy atom. The molecule has 0 fully saturated rings. The van der Waals surface area contributed by atoms with E-state index < -0.39 is 17.9 Å². The highest BCUT2D eigenvalue weighted by Gasteiger charge is 2.20. The molecule has 138 valence electrons. The number of nitrogens with one attached hydrogen (secondary N) is 1. The van der Waals surface area contributed by atoms with Crippen LogP contribution in [-0.4, -0.2) is 42.1 Å². The maximum absolute atomic E-state index is 12.4. The number of carbonyl (C=O) groups is 2. The maximum atomic E-state index is 12.4. The molecule has 0 radical (unpaired) electrons. The summed E-state index contributed by atoms with van der Waals surface area (Å²) in [5.41, 5.74) is 3.18. The lowest BCUT2D eigenvalue weighted by molar-refractivity contribution is -0.139. The zero-order valence-corrected chi connectivity index (χ0v) is 15.4. The van der Waals surface area contributed by atoms with Crippen LogP contribution in [0, 0.1) is 0 Å². The zero-order chi connectivity index (χ0) is 19.1. The first-order valence-electron chi connectivity index (χ1n) is 8.69. The summed E-state index contributed by atoms with van der Waals surface area (Å²) in [6.07, 6.45) is 5.17. The number of nitrogens with zero attached hydrogens (tertiary/aromatic N) is 2. The Balaban J connectivity index is 2.17. The van der Waals surface area contributed by atoms with Crippen molar-refractivity contribution in [1.82, 2.24) is 10.3 Å². The van der Waals surface area contributed by atoms with Crippen molar-refractivity contribution < 1.29 is 14.7 Å². The molecule has 0 saturated carbocycles. The van der Waals surface area contributed by atoms with E-state index >= 15 is 0 Å². The van der Waals surface area contributed by atoms with Crippen molar-refractivity contribution in [1.29, 1.82) is 0 Å². The molecule has 1 atom stereocenters. The summed E-state index contributed by atoms with van der Waals surface area (Å²) >= 11 is 0. The van der Waals surface area contributed by atoms with Gasteiger partial charge in [0.15, 0.2) is 0 Å². The maximum Gasteiger partial charge on any atom is 0.326 e. The molecule has 6 heteroatoms. The van der Waals surface area contributed by atoms with Crippen molar-refractivity contribution in [3.63, 3.8) is 0 Å². The lowest BCUT2D eigenvalue weighted by Gasteiger charge is -2.15. The number of unbranched alkanes of at least 4 members (excludes halogenated alkanes) is 1. The van der Waals surface area contributed by atoms with Crippen molar-refractivity contribution in [3.8, 4) is 11.1 Å². The second-order valence-electron chi connectivity index (χ2n) is 6.41. The van der Waals surface area contributed by atoms with E-state index in [0.717, 1.165) is 29.7 Å². The second-order valence-corrected chi connectivity index (χ2v) is 6.41. The highest BCUT2D eigenvalue weighted by molar-refractivity contribution is 5.97. The van der Waals surface area contributed by atoms with Gasteiger partial charge in [-0.15, -0.1) is 0 Å². The normalized spacial score (nSPS) is 11.7. The number of pyridine rings is 1. The molecule has 0 aliphatic heterocycles. The van der Waals surface area contributed by atoms with Gasteiger partial charge < -0.3 is 15.3 Å². The Bertz CT molecular complexity index is 757. The predicted molar refractivity (Wildman–Crippen MR) is 102 cm³/mol. The molecule has 0 aliphatic rings. The molecule has 26 heavy (non-hydrogen) atoms. The molecular formula is C20H25N3O3. The third kappa shape index (κ3) is 5.05. The minimum Gasteiger partial charge on any atom is -0.480 e. The van der Waals surface area contributed by atoms with Crippen LogP contribution in [0.25, 0.3) is 11.1 Å². The van der Waals surface area contributed by atoms with Crippen LogP contribution in [0.4, 0.5) is 5.69 Å². The number of carbonyl (C=O) groups excluding carboxylic acids is 1. The van der Waals surface area contributed by atoms with Crippen LogP contribution in [0.3, 0.4) is 0 Å². The Morgan fingerprint density at radius 3 is 2.42 bits per heavy atom. The lowest BCUT2D eigenvalue weighted by Crippen LogP contribution is -2.40. The largest absolute Gasteiger partial charge is 0.480 e. The van der Waals surface area contributed by atoms with Crippen LogP contribution in [-0.2, 0) is 4.79 Å². The first kappa shape index (κ1) is 19.4. The number of anilines is 1. The predicted octanol–water partition coefficient (Wildman–Crippen LogP) is 3.19. The van der Waals surface area contributed by atoms with Crippen molar-refractivity contribution >= 4 is 17.6 Å². The standard InChI is InChI=1S/C20H25N3O3/c1-4-5-6-18(20(25)26)22-19(24)16-11-15(12-21-13-16)14-7-9-17(10-8-14)23(2)3/h7-13,18H,4-6H2,1-3H3,(H,22,24)(H,25,26). The van der Waals surface area contributed by atoms with Crippen molar-refractivity contribution in [2.24, 2.45) is 0 Å². The molecule has 1 unspecified atom stereocenters. The van der Waals surface area contributed by atoms with E-state index in [1.807, 2.05) is 50.2 Å². The highest BCUT2D eigenvalue weighted by atomic mass is 16.4. The van der Waals surface area contributed by atoms with Crippen LogP contribution >= 0.6 is 0 Å². The summed E-state index contributed by atoms with van der Waals surface area (Å²) in [5, 5.41) is 11.8. The summed E-state index contributed by atoms with van der Waals surface area (Å²) in [4.78, 5) is 29.9. The molecular weight excluding hydrogens is 330 g/mol. The lowest BCUT2D eigenvalue weighted by atomic mass is 10.0. The summed E-state index contributed by atoms with van der Waals surface area (Å²) < 4.78 is 0. The van der Waals surface area contributed by atoms with Crippen molar-refractivity contribution in [2.45, 2.75) is 32.2 Å². The zero-order valence-electron chi connectivity index (χ0n) is 15.4. The van der Waals surface area contributed by atoms with Gasteiger partial charge in [0.2, 0.25) is 0 Å². The molecule has 0 aliphatic carbocycles. The summed E-state index contributed by atoms with van der Waals surface area (Å²) in [6.45, 7) is 1.98. The minimum absolute atomic E-state index is 0.349. The van der Waals surface area contributed by atoms with Gasteiger partial charge >= 0.3 is 5.97 Å². The smallest absolute Gasteiger partial charge is 0.326 e. The number of carboxylic acid groups (broad SMARTS) is 1. The fourth-order valence-electron chi connectivity index (χ4n) is 2.58. The van der Waals surface area contributed by atoms with Crippen molar-refractivity contribution in [2.75, 3.05) is 19.0 Å². The van der Waals surface area contributed by atoms with Gasteiger partial charge in [0, 0.05) is 37.7 Å². The Hall–Kier alpha value is -2.89. The fraction of sp³-hybridized carbons (Fsp3) is 0.350. The first-order valence-corrected chi connectivity index (χ1v) is 8.69.